The van der Waals surface area contributed by atoms with Gasteiger partial charge >= 0.3 is 6.18 Å². The van der Waals surface area contributed by atoms with Crippen molar-refractivity contribution in [3.05, 3.63) is 46.7 Å². The first-order chi connectivity index (χ1) is 12.9. The van der Waals surface area contributed by atoms with Crippen molar-refractivity contribution in [3.8, 4) is 0 Å². The fourth-order valence-electron chi connectivity index (χ4n) is 2.68. The quantitative estimate of drug-likeness (QED) is 0.734. The van der Waals surface area contributed by atoms with Gasteiger partial charge in [-0.1, -0.05) is 0 Å². The van der Waals surface area contributed by atoms with Crippen molar-refractivity contribution in [2.45, 2.75) is 19.1 Å². The van der Waals surface area contributed by atoms with Crippen LogP contribution in [0, 0.1) is 0 Å². The molecule has 1 aliphatic heterocycles. The Morgan fingerprint density at radius 1 is 1.26 bits per heavy atom. The minimum absolute atomic E-state index is 0.0594. The highest BCUT2D eigenvalue weighted by Gasteiger charge is 2.31. The van der Waals surface area contributed by atoms with Gasteiger partial charge in [0.15, 0.2) is 5.69 Å². The summed E-state index contributed by atoms with van der Waals surface area (Å²) < 4.78 is 39.1. The third-order valence-corrected chi connectivity index (χ3v) is 5.13. The molecule has 0 aromatic carbocycles. The third-order valence-electron chi connectivity index (χ3n) is 4.22. The average Bonchev–Trinajstić information content (AvgIpc) is 3.05. The summed E-state index contributed by atoms with van der Waals surface area (Å²) in [6.07, 6.45) is -1.36. The molecule has 1 N–H and O–H groups in total. The van der Waals surface area contributed by atoms with Crippen molar-refractivity contribution in [3.63, 3.8) is 0 Å². The molecular weight excluding hydrogens is 379 g/mol. The van der Waals surface area contributed by atoms with Gasteiger partial charge < -0.3 is 10.2 Å². The van der Waals surface area contributed by atoms with Gasteiger partial charge in [0.2, 0.25) is 5.95 Å². The maximum atomic E-state index is 12.8. The van der Waals surface area contributed by atoms with E-state index in [4.69, 9.17) is 0 Å². The van der Waals surface area contributed by atoms with Crippen LogP contribution in [0.5, 0.6) is 0 Å². The second kappa shape index (κ2) is 6.76. The summed E-state index contributed by atoms with van der Waals surface area (Å²) in [7, 11) is 0. The minimum atomic E-state index is -4.45. The van der Waals surface area contributed by atoms with Gasteiger partial charge in [0.25, 0.3) is 5.91 Å². The van der Waals surface area contributed by atoms with Crippen LogP contribution in [0.1, 0.15) is 28.0 Å². The van der Waals surface area contributed by atoms with E-state index >= 15 is 0 Å². The Kier molecular flexibility index (Phi) is 4.42. The lowest BCUT2D eigenvalue weighted by atomic mass is 10.2. The van der Waals surface area contributed by atoms with Gasteiger partial charge in [0.1, 0.15) is 0 Å². The molecule has 6 nitrogen and oxygen atoms in total. The van der Waals surface area contributed by atoms with Crippen molar-refractivity contribution in [1.29, 1.82) is 0 Å². The summed E-state index contributed by atoms with van der Waals surface area (Å²) in [4.78, 5) is 26.6. The second-order valence-corrected chi connectivity index (χ2v) is 7.03. The Labute approximate surface area is 156 Å². The highest BCUT2D eigenvalue weighted by molar-refractivity contribution is 7.17. The van der Waals surface area contributed by atoms with Crippen LogP contribution in [0.15, 0.2) is 29.9 Å². The molecule has 10 heteroatoms. The van der Waals surface area contributed by atoms with Gasteiger partial charge in [-0.3, -0.25) is 9.78 Å². The van der Waals surface area contributed by atoms with Gasteiger partial charge in [0.05, 0.1) is 15.8 Å². The number of carbonyl (C=O) groups excluding carboxylic acids is 1. The second-order valence-electron chi connectivity index (χ2n) is 6.11. The Hall–Kier alpha value is -2.75. The van der Waals surface area contributed by atoms with Crippen molar-refractivity contribution in [1.82, 2.24) is 19.9 Å². The number of alkyl halides is 3. The number of pyridine rings is 1. The molecule has 0 atom stereocenters. The van der Waals surface area contributed by atoms with Gasteiger partial charge in [0, 0.05) is 32.0 Å². The zero-order chi connectivity index (χ0) is 19.0. The number of halogens is 3. The minimum Gasteiger partial charge on any atom is -0.350 e. The van der Waals surface area contributed by atoms with Crippen molar-refractivity contribution in [2.24, 2.45) is 0 Å². The van der Waals surface area contributed by atoms with Gasteiger partial charge in [-0.15, -0.1) is 11.3 Å². The fourth-order valence-corrected chi connectivity index (χ4v) is 3.49. The molecule has 0 radical (unpaired) electrons. The third kappa shape index (κ3) is 3.57. The van der Waals surface area contributed by atoms with E-state index in [0.717, 1.165) is 18.7 Å². The molecule has 0 saturated carbocycles. The van der Waals surface area contributed by atoms with E-state index in [0.29, 0.717) is 34.6 Å². The van der Waals surface area contributed by atoms with E-state index in [9.17, 15) is 18.0 Å². The molecular formula is C17H14F3N5OS. The molecule has 0 aliphatic carbocycles. The van der Waals surface area contributed by atoms with E-state index in [-0.39, 0.29) is 18.4 Å². The van der Waals surface area contributed by atoms with Crippen LogP contribution >= 0.6 is 11.3 Å². The first-order valence-electron chi connectivity index (χ1n) is 8.21. The number of nitrogens with zero attached hydrogens (tertiary/aromatic N) is 4. The molecule has 0 unspecified atom stereocenters. The maximum absolute atomic E-state index is 12.8. The lowest BCUT2D eigenvalue weighted by Gasteiger charge is -2.30. The lowest BCUT2D eigenvalue weighted by molar-refractivity contribution is -0.137. The Bertz CT molecular complexity index is 1000. The number of likely N-dealkylation sites (tertiary alicyclic amines) is 1. The van der Waals surface area contributed by atoms with Crippen LogP contribution in [0.4, 0.5) is 19.1 Å². The van der Waals surface area contributed by atoms with Gasteiger partial charge in [-0.25, -0.2) is 9.97 Å². The number of hydrogen-bond acceptors (Lipinski definition) is 6. The number of anilines is 1. The van der Waals surface area contributed by atoms with Crippen LogP contribution in [0.25, 0.3) is 10.2 Å². The summed E-state index contributed by atoms with van der Waals surface area (Å²) >= 11 is 1.39. The number of nitrogens with one attached hydrogen (secondary N) is 1. The van der Waals surface area contributed by atoms with Crippen LogP contribution < -0.4 is 5.32 Å². The summed E-state index contributed by atoms with van der Waals surface area (Å²) in [6.45, 7) is 1.46. The number of thiophene rings is 1. The summed E-state index contributed by atoms with van der Waals surface area (Å²) in [5.74, 6) is 0.0436. The van der Waals surface area contributed by atoms with Crippen LogP contribution in [-0.2, 0) is 12.7 Å². The molecule has 0 bridgehead atoms. The lowest BCUT2D eigenvalue weighted by Crippen LogP contribution is -2.42. The largest absolute Gasteiger partial charge is 0.417 e. The molecule has 1 amide bonds. The fraction of sp³-hybridized carbons (Fsp3) is 0.294. The van der Waals surface area contributed by atoms with E-state index in [1.165, 1.54) is 17.5 Å². The predicted molar refractivity (Wildman–Crippen MR) is 94.5 cm³/mol. The van der Waals surface area contributed by atoms with E-state index in [2.05, 4.69) is 20.3 Å². The first-order valence-corrected chi connectivity index (χ1v) is 9.09. The molecule has 4 rings (SSSR count). The van der Waals surface area contributed by atoms with Gasteiger partial charge in [-0.2, -0.15) is 13.2 Å². The summed E-state index contributed by atoms with van der Waals surface area (Å²) in [5, 5.41) is 4.72. The van der Waals surface area contributed by atoms with Crippen LogP contribution in [0.2, 0.25) is 0 Å². The average molecular weight is 393 g/mol. The monoisotopic (exact) mass is 393 g/mol. The molecule has 1 fully saturated rings. The summed E-state index contributed by atoms with van der Waals surface area (Å²) in [5.41, 5.74) is 0.474. The predicted octanol–water partition coefficient (Wildman–Crippen LogP) is 3.56. The Balaban J connectivity index is 1.58. The van der Waals surface area contributed by atoms with Crippen LogP contribution in [0.3, 0.4) is 0 Å². The normalized spacial score (nSPS) is 14.3. The molecule has 27 heavy (non-hydrogen) atoms. The standard InChI is InChI=1S/C17H14F3N5OS/c18-17(19,20)11-6-10(7-21-9-11)8-22-16-23-12-2-5-27-14(12)13(24-16)15(26)25-3-1-4-25/h2,5-7,9H,1,3-4,8H2,(H,22,23,24). The molecule has 1 aliphatic rings. The number of aromatic nitrogens is 3. The number of fused-ring (bicyclic) bond motifs is 1. The zero-order valence-electron chi connectivity index (χ0n) is 14.0. The molecule has 1 saturated heterocycles. The number of hydrogen-bond donors (Lipinski definition) is 1. The number of carbonyl (C=O) groups is 1. The first kappa shape index (κ1) is 17.7. The van der Waals surface area contributed by atoms with Crippen LogP contribution in [-0.4, -0.2) is 38.8 Å². The SMILES string of the molecule is O=C(c1nc(NCc2cncc(C(F)(F)F)c2)nc2ccsc12)N1CCC1. The van der Waals surface area contributed by atoms with Crippen molar-refractivity contribution < 1.29 is 18.0 Å². The molecule has 0 spiro atoms. The van der Waals surface area contributed by atoms with Gasteiger partial charge in [-0.05, 0) is 29.5 Å². The van der Waals surface area contributed by atoms with E-state index < -0.39 is 11.7 Å². The Morgan fingerprint density at radius 3 is 2.78 bits per heavy atom. The molecule has 3 aromatic rings. The molecule has 3 aromatic heterocycles. The Morgan fingerprint density at radius 2 is 2.07 bits per heavy atom. The highest BCUT2D eigenvalue weighted by Crippen LogP contribution is 2.29. The number of amides is 1. The summed E-state index contributed by atoms with van der Waals surface area (Å²) in [6, 6.07) is 2.81. The van der Waals surface area contributed by atoms with E-state index in [1.54, 1.807) is 11.0 Å². The molecule has 140 valence electrons. The zero-order valence-corrected chi connectivity index (χ0v) is 14.8. The van der Waals surface area contributed by atoms with Crippen molar-refractivity contribution in [2.75, 3.05) is 18.4 Å². The highest BCUT2D eigenvalue weighted by atomic mass is 32.1. The molecule has 4 heterocycles. The van der Waals surface area contributed by atoms with Crippen molar-refractivity contribution >= 4 is 33.4 Å². The van der Waals surface area contributed by atoms with E-state index in [1.807, 2.05) is 5.38 Å². The smallest absolute Gasteiger partial charge is 0.350 e. The maximum Gasteiger partial charge on any atom is 0.417 e. The topological polar surface area (TPSA) is 71.0 Å². The number of rotatable bonds is 4.